The SMILES string of the molecule is COC(=O)c1cc(CN(C)C(=O)CSCC(O)c2ccccc2)oc1C. The Balaban J connectivity index is 1.81. The number of hydrogen-bond donors (Lipinski definition) is 1. The first-order valence-corrected chi connectivity index (χ1v) is 9.30. The third-order valence-electron chi connectivity index (χ3n) is 3.88. The van der Waals surface area contributed by atoms with Crippen molar-refractivity contribution in [1.82, 2.24) is 4.90 Å². The summed E-state index contributed by atoms with van der Waals surface area (Å²) < 4.78 is 10.2. The van der Waals surface area contributed by atoms with Gasteiger partial charge in [-0.3, -0.25) is 4.79 Å². The van der Waals surface area contributed by atoms with Crippen molar-refractivity contribution in [1.29, 1.82) is 0 Å². The standard InChI is InChI=1S/C19H23NO5S/c1-13-16(19(23)24-3)9-15(25-13)10-20(2)18(22)12-26-11-17(21)14-7-5-4-6-8-14/h4-9,17,21H,10-12H2,1-3H3. The monoisotopic (exact) mass is 377 g/mol. The maximum atomic E-state index is 12.2. The summed E-state index contributed by atoms with van der Waals surface area (Å²) in [6.07, 6.45) is -0.602. The molecule has 1 atom stereocenters. The van der Waals surface area contributed by atoms with Crippen LogP contribution in [0, 0.1) is 6.92 Å². The normalized spacial score (nSPS) is 11.8. The third-order valence-corrected chi connectivity index (χ3v) is 4.88. The van der Waals surface area contributed by atoms with E-state index in [9.17, 15) is 14.7 Å². The van der Waals surface area contributed by atoms with Gasteiger partial charge >= 0.3 is 5.97 Å². The predicted octanol–water partition coefficient (Wildman–Crippen LogP) is 2.80. The molecule has 0 aliphatic heterocycles. The lowest BCUT2D eigenvalue weighted by molar-refractivity contribution is -0.127. The second-order valence-electron chi connectivity index (χ2n) is 5.87. The molecule has 2 aromatic rings. The number of carbonyl (C=O) groups is 2. The number of esters is 1. The number of amides is 1. The van der Waals surface area contributed by atoms with E-state index < -0.39 is 12.1 Å². The van der Waals surface area contributed by atoms with E-state index in [-0.39, 0.29) is 18.2 Å². The number of hydrogen-bond acceptors (Lipinski definition) is 6. The van der Waals surface area contributed by atoms with Crippen LogP contribution in [-0.2, 0) is 16.1 Å². The van der Waals surface area contributed by atoms with Gasteiger partial charge in [0, 0.05) is 12.8 Å². The van der Waals surface area contributed by atoms with Crippen molar-refractivity contribution in [2.24, 2.45) is 0 Å². The van der Waals surface area contributed by atoms with Crippen molar-refractivity contribution < 1.29 is 23.8 Å². The third kappa shape index (κ3) is 5.37. The Bertz CT molecular complexity index is 744. The lowest BCUT2D eigenvalue weighted by atomic mass is 10.1. The number of methoxy groups -OCH3 is 1. The molecule has 0 aliphatic rings. The molecule has 0 aliphatic carbocycles. The van der Waals surface area contributed by atoms with Gasteiger partial charge in [0.1, 0.15) is 17.1 Å². The average Bonchev–Trinajstić information content (AvgIpc) is 3.01. The van der Waals surface area contributed by atoms with Gasteiger partial charge in [0.15, 0.2) is 0 Å². The van der Waals surface area contributed by atoms with E-state index in [0.717, 1.165) is 5.56 Å². The number of thioether (sulfide) groups is 1. The van der Waals surface area contributed by atoms with E-state index in [2.05, 4.69) is 4.74 Å². The molecule has 2 rings (SSSR count). The maximum Gasteiger partial charge on any atom is 0.341 e. The first kappa shape index (κ1) is 20.1. The average molecular weight is 377 g/mol. The Morgan fingerprint density at radius 3 is 2.65 bits per heavy atom. The lowest BCUT2D eigenvalue weighted by Gasteiger charge is -2.16. The van der Waals surface area contributed by atoms with Gasteiger partial charge in [0.2, 0.25) is 5.91 Å². The Hall–Kier alpha value is -2.25. The van der Waals surface area contributed by atoms with Crippen LogP contribution in [-0.4, -0.2) is 47.5 Å². The van der Waals surface area contributed by atoms with Gasteiger partial charge in [-0.15, -0.1) is 11.8 Å². The Morgan fingerprint density at radius 2 is 2.00 bits per heavy atom. The number of aryl methyl sites for hydroxylation is 1. The van der Waals surface area contributed by atoms with Crippen LogP contribution in [0.4, 0.5) is 0 Å². The van der Waals surface area contributed by atoms with Gasteiger partial charge in [0.05, 0.1) is 25.5 Å². The van der Waals surface area contributed by atoms with Crippen molar-refractivity contribution >= 4 is 23.6 Å². The summed E-state index contributed by atoms with van der Waals surface area (Å²) in [5, 5.41) is 10.1. The van der Waals surface area contributed by atoms with E-state index >= 15 is 0 Å². The van der Waals surface area contributed by atoms with Crippen LogP contribution >= 0.6 is 11.8 Å². The summed E-state index contributed by atoms with van der Waals surface area (Å²) in [5.41, 5.74) is 1.20. The maximum absolute atomic E-state index is 12.2. The van der Waals surface area contributed by atoms with Crippen molar-refractivity contribution in [3.05, 3.63) is 59.0 Å². The minimum absolute atomic E-state index is 0.0797. The van der Waals surface area contributed by atoms with Crippen LogP contribution in [0.25, 0.3) is 0 Å². The zero-order chi connectivity index (χ0) is 19.1. The van der Waals surface area contributed by atoms with Gasteiger partial charge in [-0.05, 0) is 18.6 Å². The molecule has 7 heteroatoms. The minimum atomic E-state index is -0.602. The van der Waals surface area contributed by atoms with Gasteiger partial charge in [-0.1, -0.05) is 30.3 Å². The topological polar surface area (TPSA) is 80.0 Å². The first-order valence-electron chi connectivity index (χ1n) is 8.14. The second-order valence-corrected chi connectivity index (χ2v) is 6.90. The van der Waals surface area contributed by atoms with Crippen molar-refractivity contribution in [3.8, 4) is 0 Å². The zero-order valence-corrected chi connectivity index (χ0v) is 15.9. The second kappa shape index (κ2) is 9.45. The van der Waals surface area contributed by atoms with Crippen molar-refractivity contribution in [2.45, 2.75) is 19.6 Å². The minimum Gasteiger partial charge on any atom is -0.465 e. The molecule has 1 aromatic carbocycles. The van der Waals surface area contributed by atoms with Crippen LogP contribution in [0.15, 0.2) is 40.8 Å². The highest BCUT2D eigenvalue weighted by molar-refractivity contribution is 7.99. The van der Waals surface area contributed by atoms with Gasteiger partial charge in [0.25, 0.3) is 0 Å². The van der Waals surface area contributed by atoms with E-state index in [1.54, 1.807) is 20.0 Å². The molecule has 0 saturated carbocycles. The van der Waals surface area contributed by atoms with E-state index in [1.807, 2.05) is 30.3 Å². The van der Waals surface area contributed by atoms with Crippen LogP contribution in [0.3, 0.4) is 0 Å². The molecule has 6 nitrogen and oxygen atoms in total. The molecular formula is C19H23NO5S. The lowest BCUT2D eigenvalue weighted by Crippen LogP contribution is -2.28. The smallest absolute Gasteiger partial charge is 0.341 e. The number of carbonyl (C=O) groups excluding carboxylic acids is 2. The molecule has 0 radical (unpaired) electrons. The Morgan fingerprint density at radius 1 is 1.31 bits per heavy atom. The summed E-state index contributed by atoms with van der Waals surface area (Å²) in [5.74, 6) is 1.14. The summed E-state index contributed by atoms with van der Waals surface area (Å²) in [6, 6.07) is 10.9. The van der Waals surface area contributed by atoms with Gasteiger partial charge in [-0.25, -0.2) is 4.79 Å². The fraction of sp³-hybridized carbons (Fsp3) is 0.368. The Kier molecular flexibility index (Phi) is 7.29. The number of aliphatic hydroxyl groups is 1. The van der Waals surface area contributed by atoms with Crippen molar-refractivity contribution in [3.63, 3.8) is 0 Å². The van der Waals surface area contributed by atoms with Crippen LogP contribution in [0.5, 0.6) is 0 Å². The number of ether oxygens (including phenoxy) is 1. The molecule has 0 spiro atoms. The molecule has 0 saturated heterocycles. The number of nitrogens with zero attached hydrogens (tertiary/aromatic N) is 1. The van der Waals surface area contributed by atoms with E-state index in [0.29, 0.717) is 22.8 Å². The molecule has 26 heavy (non-hydrogen) atoms. The number of furan rings is 1. The number of aliphatic hydroxyl groups excluding tert-OH is 1. The molecule has 1 aromatic heterocycles. The molecular weight excluding hydrogens is 354 g/mol. The van der Waals surface area contributed by atoms with Crippen LogP contribution < -0.4 is 0 Å². The number of benzene rings is 1. The van der Waals surface area contributed by atoms with Crippen LogP contribution in [0.1, 0.15) is 33.5 Å². The summed E-state index contributed by atoms with van der Waals surface area (Å²) >= 11 is 1.37. The molecule has 0 bridgehead atoms. The largest absolute Gasteiger partial charge is 0.465 e. The molecule has 1 unspecified atom stereocenters. The molecule has 1 heterocycles. The van der Waals surface area contributed by atoms with E-state index in [1.165, 1.54) is 23.8 Å². The number of rotatable bonds is 8. The highest BCUT2D eigenvalue weighted by Crippen LogP contribution is 2.19. The van der Waals surface area contributed by atoms with Crippen LogP contribution in [0.2, 0.25) is 0 Å². The zero-order valence-electron chi connectivity index (χ0n) is 15.1. The van der Waals surface area contributed by atoms with Crippen molar-refractivity contribution in [2.75, 3.05) is 25.7 Å². The summed E-state index contributed by atoms with van der Waals surface area (Å²) in [4.78, 5) is 25.4. The quantitative estimate of drug-likeness (QED) is 0.713. The molecule has 1 amide bonds. The summed E-state index contributed by atoms with van der Waals surface area (Å²) in [6.45, 7) is 1.94. The highest BCUT2D eigenvalue weighted by Gasteiger charge is 2.18. The van der Waals surface area contributed by atoms with Gasteiger partial charge < -0.3 is 19.2 Å². The summed E-state index contributed by atoms with van der Waals surface area (Å²) in [7, 11) is 2.98. The van der Waals surface area contributed by atoms with E-state index in [4.69, 9.17) is 4.42 Å². The predicted molar refractivity (Wildman–Crippen MR) is 100.0 cm³/mol. The highest BCUT2D eigenvalue weighted by atomic mass is 32.2. The first-order chi connectivity index (χ1) is 12.4. The molecule has 0 fully saturated rings. The molecule has 1 N–H and O–H groups in total. The fourth-order valence-corrected chi connectivity index (χ4v) is 3.32. The van der Waals surface area contributed by atoms with Gasteiger partial charge in [-0.2, -0.15) is 0 Å². The Labute approximate surface area is 157 Å². The molecule has 140 valence electrons. The fourth-order valence-electron chi connectivity index (χ4n) is 2.40.